The molecule has 4 aromatic rings. The number of benzene rings is 2. The summed E-state index contributed by atoms with van der Waals surface area (Å²) < 4.78 is 7.38. The van der Waals surface area contributed by atoms with Gasteiger partial charge in [-0.1, -0.05) is 35.4 Å². The van der Waals surface area contributed by atoms with E-state index in [1.807, 2.05) is 30.1 Å². The summed E-state index contributed by atoms with van der Waals surface area (Å²) in [6, 6.07) is 17.9. The number of nitrogens with zero attached hydrogens (tertiary/aromatic N) is 5. The molecule has 1 saturated heterocycles. The van der Waals surface area contributed by atoms with Gasteiger partial charge in [0.25, 0.3) is 0 Å². The number of hydrogen-bond donors (Lipinski definition) is 0. The van der Waals surface area contributed by atoms with E-state index in [0.29, 0.717) is 5.92 Å². The van der Waals surface area contributed by atoms with E-state index in [9.17, 15) is 0 Å². The number of likely N-dealkylation sites (tertiary alicyclic amines) is 1. The fourth-order valence-corrected chi connectivity index (χ4v) is 5.31. The molecule has 7 heteroatoms. The monoisotopic (exact) mass is 629 g/mol. The maximum absolute atomic E-state index is 5.58. The molecule has 1 aliphatic heterocycles. The van der Waals surface area contributed by atoms with Crippen molar-refractivity contribution >= 4 is 10.9 Å². The quantitative estimate of drug-likeness (QED) is 0.166. The number of rotatable bonds is 6. The van der Waals surface area contributed by atoms with Gasteiger partial charge in [0.05, 0.1) is 12.8 Å². The predicted octanol–water partition coefficient (Wildman–Crippen LogP) is 5.26. The third kappa shape index (κ3) is 5.23. The summed E-state index contributed by atoms with van der Waals surface area (Å²) in [6.07, 6.45) is 10.5. The van der Waals surface area contributed by atoms with Crippen molar-refractivity contribution in [1.82, 2.24) is 24.9 Å². The van der Waals surface area contributed by atoms with Crippen molar-refractivity contribution in [3.8, 4) is 28.1 Å². The van der Waals surface area contributed by atoms with E-state index in [4.69, 9.17) is 4.74 Å². The van der Waals surface area contributed by atoms with Gasteiger partial charge in [0, 0.05) is 87.6 Å². The van der Waals surface area contributed by atoms with E-state index in [1.165, 1.54) is 25.8 Å². The molecule has 1 radical (unpaired) electrons. The second-order valence-electron chi connectivity index (χ2n) is 9.82. The maximum Gasteiger partial charge on any atom is 0.146 e. The Bertz CT molecular complexity index is 1360. The summed E-state index contributed by atoms with van der Waals surface area (Å²) in [5.41, 5.74) is 5.92. The zero-order chi connectivity index (χ0) is 23.8. The molecule has 6 nitrogen and oxygen atoms in total. The van der Waals surface area contributed by atoms with Crippen molar-refractivity contribution in [1.29, 1.82) is 0 Å². The van der Waals surface area contributed by atoms with Gasteiger partial charge >= 0.3 is 0 Å². The van der Waals surface area contributed by atoms with Crippen LogP contribution in [-0.2, 0) is 7.05 Å². The SMILES string of the molecule is COc1cc(-c2c[c-]c(-c3ccc(C4CN(CC5CC=CCC5)C4)nn3)cc2)cc2cn(C)nc12.[Ho]. The van der Waals surface area contributed by atoms with Crippen LogP contribution in [0.15, 0.2) is 60.8 Å². The molecule has 2 aromatic heterocycles. The van der Waals surface area contributed by atoms with E-state index < -0.39 is 0 Å². The van der Waals surface area contributed by atoms with Gasteiger partial charge in [0.1, 0.15) is 11.3 Å². The molecule has 6 rings (SSSR count). The Balaban J connectivity index is 0.00000267. The fraction of sp³-hybridized carbons (Fsp3) is 0.345. The van der Waals surface area contributed by atoms with Gasteiger partial charge in [-0.3, -0.25) is 4.68 Å². The second kappa shape index (κ2) is 11.0. The van der Waals surface area contributed by atoms with E-state index in [0.717, 1.165) is 63.7 Å². The fourth-order valence-electron chi connectivity index (χ4n) is 5.31. The zero-order valence-electron chi connectivity index (χ0n) is 20.6. The van der Waals surface area contributed by atoms with Gasteiger partial charge in [-0.2, -0.15) is 10.2 Å². The van der Waals surface area contributed by atoms with E-state index in [-0.39, 0.29) is 37.7 Å². The molecule has 0 bridgehead atoms. The van der Waals surface area contributed by atoms with Crippen molar-refractivity contribution < 1.29 is 42.5 Å². The molecule has 1 fully saturated rings. The zero-order valence-corrected chi connectivity index (χ0v) is 22.6. The van der Waals surface area contributed by atoms with Gasteiger partial charge in [0.15, 0.2) is 0 Å². The first-order valence-electron chi connectivity index (χ1n) is 12.4. The van der Waals surface area contributed by atoms with Crippen LogP contribution in [0.5, 0.6) is 5.75 Å². The third-order valence-corrected chi connectivity index (χ3v) is 7.28. The molecule has 189 valence electrons. The minimum absolute atomic E-state index is 0. The van der Waals surface area contributed by atoms with Crippen LogP contribution in [0.25, 0.3) is 33.3 Å². The molecule has 1 atom stereocenters. The molecular weight excluding hydrogens is 599 g/mol. The van der Waals surface area contributed by atoms with Crippen LogP contribution in [0.1, 0.15) is 30.9 Å². The molecular formula is C29H30HoN5O-. The van der Waals surface area contributed by atoms with Crippen LogP contribution >= 0.6 is 0 Å². The summed E-state index contributed by atoms with van der Waals surface area (Å²) in [4.78, 5) is 2.56. The van der Waals surface area contributed by atoms with Crippen molar-refractivity contribution in [2.45, 2.75) is 25.2 Å². The molecule has 36 heavy (non-hydrogen) atoms. The Morgan fingerprint density at radius 2 is 1.94 bits per heavy atom. The first-order valence-corrected chi connectivity index (χ1v) is 12.4. The summed E-state index contributed by atoms with van der Waals surface area (Å²) in [7, 11) is 3.60. The number of fused-ring (bicyclic) bond motifs is 1. The van der Waals surface area contributed by atoms with Gasteiger partial charge in [0.2, 0.25) is 0 Å². The standard InChI is InChI=1S/C29H30N5O.Ho/c1-33-17-24-14-23(15-28(35-2)29(24)32-33)21-8-10-22(11-9-21)26-12-13-27(31-30-26)25-18-34(19-25)16-20-6-4-3-5-7-20;/h3-4,8-10,12-15,17,20,25H,5-7,16,18-19H2,1-2H3;/q-1;. The first-order chi connectivity index (χ1) is 17.2. The minimum atomic E-state index is 0. The predicted molar refractivity (Wildman–Crippen MR) is 138 cm³/mol. The van der Waals surface area contributed by atoms with Gasteiger partial charge in [-0.25, -0.2) is 5.10 Å². The average Bonchev–Trinajstić information content (AvgIpc) is 3.26. The van der Waals surface area contributed by atoms with Crippen molar-refractivity contribution in [2.24, 2.45) is 13.0 Å². The summed E-state index contributed by atoms with van der Waals surface area (Å²) >= 11 is 0. The Labute approximate surface area is 242 Å². The van der Waals surface area contributed by atoms with Crippen LogP contribution in [0.3, 0.4) is 0 Å². The molecule has 3 heterocycles. The molecule has 0 amide bonds. The first kappa shape index (κ1) is 25.4. The Hall–Kier alpha value is -2.25. The van der Waals surface area contributed by atoms with Crippen LogP contribution in [-0.4, -0.2) is 51.6 Å². The van der Waals surface area contributed by atoms with E-state index in [1.54, 1.807) is 7.11 Å². The Kier molecular flexibility index (Phi) is 7.77. The maximum atomic E-state index is 5.58. The molecule has 0 spiro atoms. The largest absolute Gasteiger partial charge is 0.494 e. The minimum Gasteiger partial charge on any atom is -0.494 e. The number of hydrogen-bond acceptors (Lipinski definition) is 5. The third-order valence-electron chi connectivity index (χ3n) is 7.28. The number of ether oxygens (including phenoxy) is 1. The smallest absolute Gasteiger partial charge is 0.146 e. The molecule has 1 unspecified atom stereocenters. The van der Waals surface area contributed by atoms with Crippen molar-refractivity contribution in [3.05, 3.63) is 72.6 Å². The van der Waals surface area contributed by atoms with Crippen molar-refractivity contribution in [3.63, 3.8) is 0 Å². The normalized spacial score (nSPS) is 18.1. The number of aryl methyl sites for hydroxylation is 1. The van der Waals surface area contributed by atoms with Crippen LogP contribution in [0.4, 0.5) is 0 Å². The number of aromatic nitrogens is 4. The molecule has 0 saturated carbocycles. The van der Waals surface area contributed by atoms with Gasteiger partial charge in [-0.05, 0) is 37.3 Å². The van der Waals surface area contributed by atoms with Gasteiger partial charge < -0.3 is 9.64 Å². The second-order valence-corrected chi connectivity index (χ2v) is 9.82. The molecule has 2 aliphatic rings. The Morgan fingerprint density at radius 3 is 2.64 bits per heavy atom. The molecule has 2 aromatic carbocycles. The molecule has 0 N–H and O–H groups in total. The Morgan fingerprint density at radius 1 is 1.06 bits per heavy atom. The van der Waals surface area contributed by atoms with Gasteiger partial charge in [-0.15, -0.1) is 29.8 Å². The van der Waals surface area contributed by atoms with E-state index >= 15 is 0 Å². The van der Waals surface area contributed by atoms with E-state index in [2.05, 4.69) is 68.7 Å². The topological polar surface area (TPSA) is 56.1 Å². The van der Waals surface area contributed by atoms with Crippen LogP contribution in [0, 0.1) is 49.7 Å². The van der Waals surface area contributed by atoms with Crippen LogP contribution < -0.4 is 4.74 Å². The number of allylic oxidation sites excluding steroid dienone is 2. The molecule has 1 aliphatic carbocycles. The summed E-state index contributed by atoms with van der Waals surface area (Å²) in [5, 5.41) is 14.6. The average molecular weight is 630 g/mol. The summed E-state index contributed by atoms with van der Waals surface area (Å²) in [6.45, 7) is 3.41. The number of methoxy groups -OCH3 is 1. The van der Waals surface area contributed by atoms with Crippen LogP contribution in [0.2, 0.25) is 0 Å². The summed E-state index contributed by atoms with van der Waals surface area (Å²) in [5.74, 6) is 2.09. The van der Waals surface area contributed by atoms with Crippen molar-refractivity contribution in [2.75, 3.05) is 26.7 Å².